The lowest BCUT2D eigenvalue weighted by atomic mass is 9.96. The van der Waals surface area contributed by atoms with Crippen LogP contribution < -0.4 is 5.32 Å². The SMILES string of the molecule is CC(O)CCCNCC(C)(O)c1ccccc1. The fourth-order valence-corrected chi connectivity index (χ4v) is 1.75. The highest BCUT2D eigenvalue weighted by Gasteiger charge is 2.21. The molecule has 0 aliphatic rings. The zero-order valence-corrected chi connectivity index (χ0v) is 10.7. The molecular weight excluding hydrogens is 214 g/mol. The van der Waals surface area contributed by atoms with Crippen molar-refractivity contribution in [2.45, 2.75) is 38.4 Å². The fraction of sp³-hybridized carbons (Fsp3) is 0.571. The first kappa shape index (κ1) is 14.2. The maximum atomic E-state index is 10.3. The van der Waals surface area contributed by atoms with Gasteiger partial charge in [0.25, 0.3) is 0 Å². The molecule has 0 saturated heterocycles. The molecule has 0 aliphatic carbocycles. The Kier molecular flexibility index (Phi) is 5.62. The molecule has 0 spiro atoms. The Balaban J connectivity index is 2.30. The molecule has 0 saturated carbocycles. The standard InChI is InChI=1S/C14H23NO2/c1-12(16)7-6-10-15-11-14(2,17)13-8-4-3-5-9-13/h3-5,8-9,12,15-17H,6-7,10-11H2,1-2H3. The van der Waals surface area contributed by atoms with Crippen LogP contribution in [-0.2, 0) is 5.60 Å². The van der Waals surface area contributed by atoms with Gasteiger partial charge in [-0.05, 0) is 38.8 Å². The van der Waals surface area contributed by atoms with E-state index in [1.807, 2.05) is 37.3 Å². The minimum Gasteiger partial charge on any atom is -0.393 e. The Morgan fingerprint density at radius 2 is 1.94 bits per heavy atom. The minimum atomic E-state index is -0.841. The molecule has 0 aromatic heterocycles. The molecule has 0 aliphatic heterocycles. The van der Waals surface area contributed by atoms with Crippen molar-refractivity contribution in [1.82, 2.24) is 5.32 Å². The van der Waals surface area contributed by atoms with Crippen LogP contribution in [0.1, 0.15) is 32.3 Å². The third kappa shape index (κ3) is 5.31. The smallest absolute Gasteiger partial charge is 0.0992 e. The fourth-order valence-electron chi connectivity index (χ4n) is 1.75. The van der Waals surface area contributed by atoms with E-state index >= 15 is 0 Å². The zero-order chi connectivity index (χ0) is 12.7. The first-order chi connectivity index (χ1) is 8.02. The largest absolute Gasteiger partial charge is 0.393 e. The molecule has 0 radical (unpaired) electrons. The molecule has 1 aromatic rings. The summed E-state index contributed by atoms with van der Waals surface area (Å²) in [6.45, 7) is 4.94. The number of rotatable bonds is 7. The summed E-state index contributed by atoms with van der Waals surface area (Å²) in [4.78, 5) is 0. The third-order valence-electron chi connectivity index (χ3n) is 2.84. The van der Waals surface area contributed by atoms with Gasteiger partial charge in [-0.1, -0.05) is 30.3 Å². The van der Waals surface area contributed by atoms with E-state index in [1.165, 1.54) is 0 Å². The summed E-state index contributed by atoms with van der Waals surface area (Å²) in [6.07, 6.45) is 1.47. The summed E-state index contributed by atoms with van der Waals surface area (Å²) in [5, 5.41) is 22.6. The highest BCUT2D eigenvalue weighted by molar-refractivity contribution is 5.21. The van der Waals surface area contributed by atoms with E-state index in [1.54, 1.807) is 6.92 Å². The Morgan fingerprint density at radius 1 is 1.29 bits per heavy atom. The van der Waals surface area contributed by atoms with Gasteiger partial charge in [-0.25, -0.2) is 0 Å². The van der Waals surface area contributed by atoms with Gasteiger partial charge in [-0.3, -0.25) is 0 Å². The van der Waals surface area contributed by atoms with E-state index in [-0.39, 0.29) is 6.10 Å². The number of nitrogens with one attached hydrogen (secondary N) is 1. The monoisotopic (exact) mass is 237 g/mol. The molecule has 0 amide bonds. The van der Waals surface area contributed by atoms with E-state index < -0.39 is 5.60 Å². The second-order valence-electron chi connectivity index (χ2n) is 4.81. The van der Waals surface area contributed by atoms with E-state index in [0.717, 1.165) is 24.9 Å². The van der Waals surface area contributed by atoms with Crippen molar-refractivity contribution in [3.05, 3.63) is 35.9 Å². The van der Waals surface area contributed by atoms with Gasteiger partial charge in [0.1, 0.15) is 0 Å². The lowest BCUT2D eigenvalue weighted by Gasteiger charge is -2.24. The topological polar surface area (TPSA) is 52.5 Å². The lowest BCUT2D eigenvalue weighted by Crippen LogP contribution is -2.35. The first-order valence-electron chi connectivity index (χ1n) is 6.19. The van der Waals surface area contributed by atoms with E-state index in [9.17, 15) is 5.11 Å². The highest BCUT2D eigenvalue weighted by atomic mass is 16.3. The molecule has 1 rings (SSSR count). The van der Waals surface area contributed by atoms with Gasteiger partial charge in [0.15, 0.2) is 0 Å². The maximum Gasteiger partial charge on any atom is 0.0992 e. The molecule has 2 atom stereocenters. The van der Waals surface area contributed by atoms with Crippen molar-refractivity contribution in [3.63, 3.8) is 0 Å². The quantitative estimate of drug-likeness (QED) is 0.632. The van der Waals surface area contributed by atoms with Crippen molar-refractivity contribution >= 4 is 0 Å². The van der Waals surface area contributed by atoms with Gasteiger partial charge in [0.05, 0.1) is 11.7 Å². The number of hydrogen-bond donors (Lipinski definition) is 3. The van der Waals surface area contributed by atoms with Crippen LogP contribution in [0.4, 0.5) is 0 Å². The number of aliphatic hydroxyl groups is 2. The summed E-state index contributed by atoms with van der Waals surface area (Å²) < 4.78 is 0. The maximum absolute atomic E-state index is 10.3. The molecule has 3 N–H and O–H groups in total. The van der Waals surface area contributed by atoms with Crippen LogP contribution in [0.25, 0.3) is 0 Å². The van der Waals surface area contributed by atoms with Gasteiger partial charge < -0.3 is 15.5 Å². The van der Waals surface area contributed by atoms with Crippen molar-refractivity contribution in [1.29, 1.82) is 0 Å². The van der Waals surface area contributed by atoms with E-state index in [4.69, 9.17) is 5.11 Å². The number of aliphatic hydroxyl groups excluding tert-OH is 1. The predicted octanol–water partition coefficient (Wildman–Crippen LogP) is 1.64. The summed E-state index contributed by atoms with van der Waals surface area (Å²) >= 11 is 0. The predicted molar refractivity (Wildman–Crippen MR) is 69.8 cm³/mol. The Bertz CT molecular complexity index is 309. The molecular formula is C14H23NO2. The molecule has 3 heteroatoms. The molecule has 1 aromatic carbocycles. The normalized spacial score (nSPS) is 16.5. The van der Waals surface area contributed by atoms with E-state index in [2.05, 4.69) is 5.32 Å². The summed E-state index contributed by atoms with van der Waals surface area (Å²) in [7, 11) is 0. The number of hydrogen-bond acceptors (Lipinski definition) is 3. The van der Waals surface area contributed by atoms with Gasteiger partial charge in [-0.15, -0.1) is 0 Å². The molecule has 0 heterocycles. The van der Waals surface area contributed by atoms with Crippen LogP contribution in [0, 0.1) is 0 Å². The highest BCUT2D eigenvalue weighted by Crippen LogP contribution is 2.18. The van der Waals surface area contributed by atoms with Crippen LogP contribution in [0.3, 0.4) is 0 Å². The van der Waals surface area contributed by atoms with Crippen LogP contribution in [0.5, 0.6) is 0 Å². The Morgan fingerprint density at radius 3 is 2.53 bits per heavy atom. The first-order valence-corrected chi connectivity index (χ1v) is 6.19. The van der Waals surface area contributed by atoms with E-state index in [0.29, 0.717) is 6.54 Å². The summed E-state index contributed by atoms with van der Waals surface area (Å²) in [5.74, 6) is 0. The summed E-state index contributed by atoms with van der Waals surface area (Å²) in [6, 6.07) is 9.65. The average molecular weight is 237 g/mol. The van der Waals surface area contributed by atoms with Crippen molar-refractivity contribution in [2.24, 2.45) is 0 Å². The van der Waals surface area contributed by atoms with Crippen molar-refractivity contribution < 1.29 is 10.2 Å². The Hall–Kier alpha value is -0.900. The molecule has 0 fully saturated rings. The summed E-state index contributed by atoms with van der Waals surface area (Å²) in [5.41, 5.74) is 0.0783. The number of benzene rings is 1. The minimum absolute atomic E-state index is 0.244. The average Bonchev–Trinajstić information content (AvgIpc) is 2.29. The van der Waals surface area contributed by atoms with Crippen LogP contribution >= 0.6 is 0 Å². The van der Waals surface area contributed by atoms with Gasteiger partial charge in [-0.2, -0.15) is 0 Å². The second kappa shape index (κ2) is 6.74. The van der Waals surface area contributed by atoms with Gasteiger partial charge >= 0.3 is 0 Å². The molecule has 96 valence electrons. The van der Waals surface area contributed by atoms with Crippen molar-refractivity contribution in [3.8, 4) is 0 Å². The molecule has 3 nitrogen and oxygen atoms in total. The van der Waals surface area contributed by atoms with Gasteiger partial charge in [0.2, 0.25) is 0 Å². The van der Waals surface area contributed by atoms with Crippen LogP contribution in [-0.4, -0.2) is 29.4 Å². The zero-order valence-electron chi connectivity index (χ0n) is 10.7. The van der Waals surface area contributed by atoms with Crippen molar-refractivity contribution in [2.75, 3.05) is 13.1 Å². The van der Waals surface area contributed by atoms with Crippen LogP contribution in [0.2, 0.25) is 0 Å². The molecule has 17 heavy (non-hydrogen) atoms. The molecule has 0 bridgehead atoms. The Labute approximate surface area is 103 Å². The van der Waals surface area contributed by atoms with Gasteiger partial charge in [0, 0.05) is 6.54 Å². The lowest BCUT2D eigenvalue weighted by molar-refractivity contribution is 0.0568. The molecule has 2 unspecified atom stereocenters. The third-order valence-corrected chi connectivity index (χ3v) is 2.84. The second-order valence-corrected chi connectivity index (χ2v) is 4.81. The van der Waals surface area contributed by atoms with Crippen LogP contribution in [0.15, 0.2) is 30.3 Å².